The van der Waals surface area contributed by atoms with E-state index in [1.54, 1.807) is 38.6 Å². The largest absolute Gasteiger partial charge is 0.495 e. The molecule has 7 nitrogen and oxygen atoms in total. The van der Waals surface area contributed by atoms with E-state index < -0.39 is 0 Å². The van der Waals surface area contributed by atoms with Crippen LogP contribution in [0.15, 0.2) is 53.1 Å². The Hall–Kier alpha value is -3.13. The summed E-state index contributed by atoms with van der Waals surface area (Å²) in [6.07, 6.45) is 2.67. The molecule has 0 saturated carbocycles. The molecule has 4 rings (SSSR count). The zero-order valence-corrected chi connectivity index (χ0v) is 19.2. The van der Waals surface area contributed by atoms with Crippen molar-refractivity contribution < 1.29 is 9.53 Å². The summed E-state index contributed by atoms with van der Waals surface area (Å²) in [6, 6.07) is 14.0. The van der Waals surface area contributed by atoms with Crippen molar-refractivity contribution >= 4 is 39.3 Å². The minimum atomic E-state index is -0.178. The second kappa shape index (κ2) is 8.93. The van der Waals surface area contributed by atoms with Crippen LogP contribution < -0.4 is 20.7 Å². The lowest BCUT2D eigenvalue weighted by Crippen LogP contribution is -2.24. The zero-order chi connectivity index (χ0) is 22.0. The first kappa shape index (κ1) is 21.1. The number of amides is 1. The smallest absolute Gasteiger partial charge is 0.251 e. The number of hydrogen-bond donors (Lipinski definition) is 3. The maximum Gasteiger partial charge on any atom is 0.251 e. The summed E-state index contributed by atoms with van der Waals surface area (Å²) in [6.45, 7) is 2.23. The Bertz CT molecular complexity index is 1120. The molecule has 0 unspecified atom stereocenters. The van der Waals surface area contributed by atoms with E-state index in [4.69, 9.17) is 4.74 Å². The highest BCUT2D eigenvalue weighted by Gasteiger charge is 2.29. The Morgan fingerprint density at radius 3 is 2.77 bits per heavy atom. The number of rotatable bonds is 6. The predicted octanol–water partition coefficient (Wildman–Crippen LogP) is 4.49. The van der Waals surface area contributed by atoms with E-state index in [0.29, 0.717) is 28.9 Å². The van der Waals surface area contributed by atoms with Crippen molar-refractivity contribution in [2.24, 2.45) is 0 Å². The number of nitrogens with zero attached hydrogens (tertiary/aromatic N) is 2. The van der Waals surface area contributed by atoms with Crippen LogP contribution in [-0.4, -0.2) is 36.1 Å². The van der Waals surface area contributed by atoms with Gasteiger partial charge in [-0.05, 0) is 51.7 Å². The molecule has 2 atom stereocenters. The summed E-state index contributed by atoms with van der Waals surface area (Å²) in [5.74, 6) is 1.89. The van der Waals surface area contributed by atoms with Crippen LogP contribution in [0.2, 0.25) is 0 Å². The maximum absolute atomic E-state index is 11.9. The summed E-state index contributed by atoms with van der Waals surface area (Å²) in [4.78, 5) is 20.9. The first-order valence-corrected chi connectivity index (χ1v) is 10.8. The van der Waals surface area contributed by atoms with Gasteiger partial charge in [-0.3, -0.25) is 4.79 Å². The van der Waals surface area contributed by atoms with Crippen LogP contribution in [-0.2, 0) is 6.42 Å². The molecule has 2 aromatic carbocycles. The molecule has 1 aliphatic carbocycles. The molecule has 0 saturated heterocycles. The van der Waals surface area contributed by atoms with Crippen LogP contribution >= 0.6 is 15.9 Å². The number of ether oxygens (including phenoxy) is 1. The highest BCUT2D eigenvalue weighted by Crippen LogP contribution is 2.36. The monoisotopic (exact) mass is 481 g/mol. The lowest BCUT2D eigenvalue weighted by atomic mass is 10.0. The topological polar surface area (TPSA) is 88.2 Å². The second-order valence-corrected chi connectivity index (χ2v) is 8.31. The maximum atomic E-state index is 11.9. The lowest BCUT2D eigenvalue weighted by molar-refractivity contribution is 0.0963. The fourth-order valence-corrected chi connectivity index (χ4v) is 4.18. The molecule has 8 heteroatoms. The van der Waals surface area contributed by atoms with Crippen molar-refractivity contribution in [3.05, 3.63) is 69.8 Å². The fourth-order valence-electron chi connectivity index (χ4n) is 3.88. The Morgan fingerprint density at radius 1 is 1.23 bits per heavy atom. The van der Waals surface area contributed by atoms with Gasteiger partial charge >= 0.3 is 0 Å². The van der Waals surface area contributed by atoms with Crippen molar-refractivity contribution in [1.29, 1.82) is 0 Å². The Kier molecular flexibility index (Phi) is 6.08. The van der Waals surface area contributed by atoms with Crippen molar-refractivity contribution in [3.63, 3.8) is 0 Å². The van der Waals surface area contributed by atoms with Gasteiger partial charge in [-0.15, -0.1) is 0 Å². The van der Waals surface area contributed by atoms with Gasteiger partial charge in [0.25, 0.3) is 5.91 Å². The highest BCUT2D eigenvalue weighted by molar-refractivity contribution is 9.10. The number of fused-ring (bicyclic) bond motifs is 1. The normalized spacial score (nSPS) is 17.0. The van der Waals surface area contributed by atoms with Crippen LogP contribution in [0.4, 0.5) is 17.5 Å². The zero-order valence-electron chi connectivity index (χ0n) is 17.6. The number of anilines is 3. The molecular weight excluding hydrogens is 458 g/mol. The molecule has 1 amide bonds. The van der Waals surface area contributed by atoms with E-state index in [0.717, 1.165) is 16.7 Å². The van der Waals surface area contributed by atoms with Gasteiger partial charge in [-0.25, -0.2) is 4.98 Å². The quantitative estimate of drug-likeness (QED) is 0.480. The summed E-state index contributed by atoms with van der Waals surface area (Å²) >= 11 is 3.56. The SMILES string of the molecule is CNC(=O)c1ccc(Nc2ncc(Br)c(N[C@@H]3Cc4ccccc4[C@H]3C)n2)c(OC)c1. The Morgan fingerprint density at radius 2 is 2.03 bits per heavy atom. The number of aromatic nitrogens is 2. The van der Waals surface area contributed by atoms with Gasteiger partial charge in [0.15, 0.2) is 0 Å². The van der Waals surface area contributed by atoms with Gasteiger partial charge in [0.05, 0.1) is 17.3 Å². The first-order valence-electron chi connectivity index (χ1n) is 10.0. The third-order valence-corrected chi connectivity index (χ3v) is 6.17. The van der Waals surface area contributed by atoms with Crippen LogP contribution in [0, 0.1) is 0 Å². The average molecular weight is 482 g/mol. The van der Waals surface area contributed by atoms with Crippen molar-refractivity contribution in [2.75, 3.05) is 24.8 Å². The van der Waals surface area contributed by atoms with Gasteiger partial charge < -0.3 is 20.7 Å². The average Bonchev–Trinajstić information content (AvgIpc) is 3.11. The second-order valence-electron chi connectivity index (χ2n) is 7.45. The molecular formula is C23H24BrN5O2. The summed E-state index contributed by atoms with van der Waals surface area (Å²) in [7, 11) is 3.15. The standard InChI is InChI=1S/C23H24BrN5O2/c1-13-16-7-5-4-6-14(16)10-19(13)27-21-17(24)12-26-23(29-21)28-18-9-8-15(22(30)25-2)11-20(18)31-3/h4-9,11-13,19H,10H2,1-3H3,(H,25,30)(H2,26,27,28,29)/t13-,19-/m1/s1. The van der Waals surface area contributed by atoms with Crippen molar-refractivity contribution in [3.8, 4) is 5.75 Å². The summed E-state index contributed by atoms with van der Waals surface area (Å²) in [5, 5.41) is 9.37. The summed E-state index contributed by atoms with van der Waals surface area (Å²) < 4.78 is 6.24. The predicted molar refractivity (Wildman–Crippen MR) is 125 cm³/mol. The molecule has 160 valence electrons. The van der Waals surface area contributed by atoms with Crippen molar-refractivity contribution in [2.45, 2.75) is 25.3 Å². The fraction of sp³-hybridized carbons (Fsp3) is 0.261. The van der Waals surface area contributed by atoms with Gasteiger partial charge in [-0.1, -0.05) is 31.2 Å². The van der Waals surface area contributed by atoms with E-state index in [1.807, 2.05) is 0 Å². The number of halogens is 1. The first-order chi connectivity index (χ1) is 15.0. The highest BCUT2D eigenvalue weighted by atomic mass is 79.9. The molecule has 0 aliphatic heterocycles. The van der Waals surface area contributed by atoms with Crippen LogP contribution in [0.25, 0.3) is 0 Å². The van der Waals surface area contributed by atoms with Crippen LogP contribution in [0.3, 0.4) is 0 Å². The molecule has 0 radical (unpaired) electrons. The van der Waals surface area contributed by atoms with E-state index in [1.165, 1.54) is 11.1 Å². The van der Waals surface area contributed by atoms with E-state index in [9.17, 15) is 4.79 Å². The number of hydrogen-bond acceptors (Lipinski definition) is 6. The van der Waals surface area contributed by atoms with Crippen molar-refractivity contribution in [1.82, 2.24) is 15.3 Å². The third-order valence-electron chi connectivity index (χ3n) is 5.59. The van der Waals surface area contributed by atoms with Gasteiger partial charge in [0.1, 0.15) is 11.6 Å². The number of methoxy groups -OCH3 is 1. The Labute approximate surface area is 189 Å². The van der Waals surface area contributed by atoms with E-state index in [2.05, 4.69) is 73.0 Å². The molecule has 0 fully saturated rings. The molecule has 3 aromatic rings. The molecule has 1 aliphatic rings. The number of carbonyl (C=O) groups is 1. The van der Waals surface area contributed by atoms with E-state index in [-0.39, 0.29) is 11.9 Å². The number of benzene rings is 2. The Balaban J connectivity index is 1.54. The van der Waals surface area contributed by atoms with Crippen LogP contribution in [0.1, 0.15) is 34.3 Å². The van der Waals surface area contributed by atoms with Gasteiger partial charge in [-0.2, -0.15) is 4.98 Å². The lowest BCUT2D eigenvalue weighted by Gasteiger charge is -2.20. The molecule has 0 bridgehead atoms. The van der Waals surface area contributed by atoms with Gasteiger partial charge in [0, 0.05) is 30.8 Å². The van der Waals surface area contributed by atoms with E-state index >= 15 is 0 Å². The molecule has 1 heterocycles. The third kappa shape index (κ3) is 4.34. The minimum Gasteiger partial charge on any atom is -0.495 e. The van der Waals surface area contributed by atoms with Gasteiger partial charge in [0.2, 0.25) is 5.95 Å². The van der Waals surface area contributed by atoms with Crippen LogP contribution in [0.5, 0.6) is 5.75 Å². The molecule has 1 aromatic heterocycles. The summed E-state index contributed by atoms with van der Waals surface area (Å²) in [5.41, 5.74) is 3.94. The molecule has 3 N–H and O–H groups in total. The number of nitrogens with one attached hydrogen (secondary N) is 3. The molecule has 31 heavy (non-hydrogen) atoms. The molecule has 0 spiro atoms. The number of carbonyl (C=O) groups excluding carboxylic acids is 1. The minimum absolute atomic E-state index is 0.178.